The standard InChI is InChI=1S/C21H22O5/c1-24-20-15-5-3-4-6-16(22)10-7-14-8-11-17(12-9-14)26-18(13-15)21(25-2)19(20)23/h3,5,8-9,11-13,23H,4,6-7,10H2,1-2H3/b5-3-. The van der Waals surface area contributed by atoms with Gasteiger partial charge in [0.25, 0.3) is 0 Å². The molecule has 0 aliphatic carbocycles. The van der Waals surface area contributed by atoms with E-state index in [0.717, 1.165) is 5.56 Å². The fraction of sp³-hybridized carbons (Fsp3) is 0.286. The fourth-order valence-electron chi connectivity index (χ4n) is 2.95. The summed E-state index contributed by atoms with van der Waals surface area (Å²) in [5.41, 5.74) is 1.74. The summed E-state index contributed by atoms with van der Waals surface area (Å²) in [5, 5.41) is 10.5. The number of hydrogen-bond donors (Lipinski definition) is 1. The van der Waals surface area contributed by atoms with Crippen molar-refractivity contribution in [1.29, 1.82) is 0 Å². The van der Waals surface area contributed by atoms with E-state index in [2.05, 4.69) is 0 Å². The summed E-state index contributed by atoms with van der Waals surface area (Å²) in [6.07, 6.45) is 6.08. The van der Waals surface area contributed by atoms with E-state index in [9.17, 15) is 9.90 Å². The number of phenolic OH excluding ortho intramolecular Hbond substituents is 1. The molecule has 2 aromatic rings. The molecule has 5 nitrogen and oxygen atoms in total. The number of ether oxygens (including phenoxy) is 3. The largest absolute Gasteiger partial charge is 0.502 e. The Hall–Kier alpha value is -2.95. The molecule has 0 spiro atoms. The first-order valence-electron chi connectivity index (χ1n) is 8.55. The fourth-order valence-corrected chi connectivity index (χ4v) is 2.95. The number of phenols is 1. The number of carbonyl (C=O) groups is 1. The normalized spacial score (nSPS) is 15.5. The van der Waals surface area contributed by atoms with Crippen molar-refractivity contribution in [3.05, 3.63) is 47.5 Å². The number of carbonyl (C=O) groups excluding carboxylic acids is 1. The molecule has 2 aromatic carbocycles. The van der Waals surface area contributed by atoms with Crippen LogP contribution in [0.1, 0.15) is 30.4 Å². The number of aryl methyl sites for hydroxylation is 1. The predicted octanol–water partition coefficient (Wildman–Crippen LogP) is 4.51. The average molecular weight is 354 g/mol. The van der Waals surface area contributed by atoms with Gasteiger partial charge in [0.2, 0.25) is 11.5 Å². The van der Waals surface area contributed by atoms with Crippen molar-refractivity contribution in [2.75, 3.05) is 14.2 Å². The lowest BCUT2D eigenvalue weighted by Gasteiger charge is -2.16. The minimum absolute atomic E-state index is 0.121. The lowest BCUT2D eigenvalue weighted by atomic mass is 10.0. The number of Topliss-reactive ketones (excluding diaryl/α,β-unsaturated/α-hetero) is 1. The molecule has 2 aliphatic heterocycles. The molecule has 0 aromatic heterocycles. The molecule has 26 heavy (non-hydrogen) atoms. The molecule has 4 rings (SSSR count). The molecule has 136 valence electrons. The van der Waals surface area contributed by atoms with Gasteiger partial charge in [-0.3, -0.25) is 4.79 Å². The smallest absolute Gasteiger partial charge is 0.207 e. The van der Waals surface area contributed by atoms with E-state index in [0.29, 0.717) is 48.5 Å². The summed E-state index contributed by atoms with van der Waals surface area (Å²) < 4.78 is 16.6. The highest BCUT2D eigenvalue weighted by molar-refractivity contribution is 5.79. The monoisotopic (exact) mass is 354 g/mol. The van der Waals surface area contributed by atoms with E-state index >= 15 is 0 Å². The number of hydrogen-bond acceptors (Lipinski definition) is 5. The third kappa shape index (κ3) is 3.82. The van der Waals surface area contributed by atoms with Crippen LogP contribution in [0.2, 0.25) is 0 Å². The van der Waals surface area contributed by atoms with Gasteiger partial charge < -0.3 is 19.3 Å². The van der Waals surface area contributed by atoms with Gasteiger partial charge in [-0.05, 0) is 36.6 Å². The zero-order valence-corrected chi connectivity index (χ0v) is 15.0. The van der Waals surface area contributed by atoms with Gasteiger partial charge in [0.05, 0.1) is 14.2 Å². The number of aromatic hydroxyl groups is 1. The quantitative estimate of drug-likeness (QED) is 0.859. The lowest BCUT2D eigenvalue weighted by Crippen LogP contribution is -1.99. The van der Waals surface area contributed by atoms with Crippen LogP contribution < -0.4 is 14.2 Å². The van der Waals surface area contributed by atoms with Crippen LogP contribution in [-0.4, -0.2) is 25.1 Å². The average Bonchev–Trinajstić information content (AvgIpc) is 2.65. The van der Waals surface area contributed by atoms with E-state index < -0.39 is 0 Å². The summed E-state index contributed by atoms with van der Waals surface area (Å²) >= 11 is 0. The SMILES string of the molecule is COc1c2cc(c(OC)c1O)Oc1ccc(cc1)CCC(=O)CC/C=C\2. The molecule has 2 heterocycles. The minimum atomic E-state index is -0.121. The molecular formula is C21H22O5. The van der Waals surface area contributed by atoms with Crippen LogP contribution in [0.15, 0.2) is 36.4 Å². The Balaban J connectivity index is 2.09. The zero-order valence-electron chi connectivity index (χ0n) is 15.0. The van der Waals surface area contributed by atoms with Gasteiger partial charge in [-0.25, -0.2) is 0 Å². The molecule has 0 amide bonds. The van der Waals surface area contributed by atoms with E-state index in [1.807, 2.05) is 36.4 Å². The molecule has 0 saturated heterocycles. The van der Waals surface area contributed by atoms with E-state index in [1.165, 1.54) is 14.2 Å². The number of rotatable bonds is 2. The Kier molecular flexibility index (Phi) is 5.46. The summed E-state index contributed by atoms with van der Waals surface area (Å²) in [5.74, 6) is 1.63. The van der Waals surface area contributed by atoms with Crippen molar-refractivity contribution in [3.63, 3.8) is 0 Å². The van der Waals surface area contributed by atoms with Crippen LogP contribution in [-0.2, 0) is 11.2 Å². The van der Waals surface area contributed by atoms with E-state index in [-0.39, 0.29) is 17.3 Å². The second kappa shape index (κ2) is 7.95. The maximum atomic E-state index is 12.0. The third-order valence-electron chi connectivity index (χ3n) is 4.34. The van der Waals surface area contributed by atoms with Gasteiger partial charge in [0.15, 0.2) is 11.5 Å². The van der Waals surface area contributed by atoms with Crippen LogP contribution in [0.5, 0.6) is 28.7 Å². The van der Waals surface area contributed by atoms with Gasteiger partial charge >= 0.3 is 0 Å². The molecule has 0 unspecified atom stereocenters. The van der Waals surface area contributed by atoms with Crippen LogP contribution in [0.25, 0.3) is 6.08 Å². The second-order valence-corrected chi connectivity index (χ2v) is 6.10. The van der Waals surface area contributed by atoms with Crippen LogP contribution in [0.3, 0.4) is 0 Å². The summed E-state index contributed by atoms with van der Waals surface area (Å²) in [6.45, 7) is 0. The number of ketones is 1. The van der Waals surface area contributed by atoms with Gasteiger partial charge in [-0.15, -0.1) is 0 Å². The van der Waals surface area contributed by atoms with Gasteiger partial charge in [-0.1, -0.05) is 24.3 Å². The van der Waals surface area contributed by atoms with Crippen molar-refractivity contribution in [1.82, 2.24) is 0 Å². The number of fused-ring (bicyclic) bond motifs is 7. The van der Waals surface area contributed by atoms with Crippen molar-refractivity contribution in [3.8, 4) is 28.7 Å². The highest BCUT2D eigenvalue weighted by atomic mass is 16.5. The molecule has 5 heteroatoms. The van der Waals surface area contributed by atoms with E-state index in [1.54, 1.807) is 6.07 Å². The Labute approximate surface area is 152 Å². The molecule has 0 radical (unpaired) electrons. The first-order valence-corrected chi connectivity index (χ1v) is 8.55. The highest BCUT2D eigenvalue weighted by Gasteiger charge is 2.20. The molecular weight excluding hydrogens is 332 g/mol. The number of benzene rings is 2. The topological polar surface area (TPSA) is 65.0 Å². The minimum Gasteiger partial charge on any atom is -0.502 e. The third-order valence-corrected chi connectivity index (χ3v) is 4.34. The Bertz CT molecular complexity index is 821. The Morgan fingerprint density at radius 1 is 1.00 bits per heavy atom. The van der Waals surface area contributed by atoms with Crippen molar-refractivity contribution >= 4 is 11.9 Å². The molecule has 2 aliphatic rings. The molecule has 0 atom stereocenters. The lowest BCUT2D eigenvalue weighted by molar-refractivity contribution is -0.118. The first kappa shape index (κ1) is 17.9. The summed E-state index contributed by atoms with van der Waals surface area (Å²) in [4.78, 5) is 12.0. The Morgan fingerprint density at radius 2 is 1.73 bits per heavy atom. The van der Waals surface area contributed by atoms with Crippen LogP contribution in [0, 0.1) is 0 Å². The molecule has 1 N–H and O–H groups in total. The van der Waals surface area contributed by atoms with Gasteiger partial charge in [0.1, 0.15) is 11.5 Å². The van der Waals surface area contributed by atoms with Crippen molar-refractivity contribution < 1.29 is 24.1 Å². The van der Waals surface area contributed by atoms with Gasteiger partial charge in [-0.2, -0.15) is 0 Å². The molecule has 0 saturated carbocycles. The summed E-state index contributed by atoms with van der Waals surface area (Å²) in [6, 6.07) is 9.32. The molecule has 0 fully saturated rings. The van der Waals surface area contributed by atoms with E-state index in [4.69, 9.17) is 14.2 Å². The Morgan fingerprint density at radius 3 is 2.42 bits per heavy atom. The maximum absolute atomic E-state index is 12.0. The maximum Gasteiger partial charge on any atom is 0.207 e. The first-order chi connectivity index (χ1) is 12.6. The predicted molar refractivity (Wildman–Crippen MR) is 99.3 cm³/mol. The molecule has 4 bridgehead atoms. The number of methoxy groups -OCH3 is 2. The van der Waals surface area contributed by atoms with Crippen LogP contribution in [0.4, 0.5) is 0 Å². The second-order valence-electron chi connectivity index (χ2n) is 6.10. The van der Waals surface area contributed by atoms with Gasteiger partial charge in [0, 0.05) is 18.4 Å². The number of allylic oxidation sites excluding steroid dienone is 1. The summed E-state index contributed by atoms with van der Waals surface area (Å²) in [7, 11) is 2.95. The zero-order chi connectivity index (χ0) is 18.5. The van der Waals surface area contributed by atoms with Crippen molar-refractivity contribution in [2.45, 2.75) is 25.7 Å². The van der Waals surface area contributed by atoms with Crippen molar-refractivity contribution in [2.24, 2.45) is 0 Å². The highest BCUT2D eigenvalue weighted by Crippen LogP contribution is 2.47. The van der Waals surface area contributed by atoms with Crippen LogP contribution >= 0.6 is 0 Å².